The Morgan fingerprint density at radius 2 is 1.97 bits per heavy atom. The molecular weight excluding hydrogens is 489 g/mol. The van der Waals surface area contributed by atoms with E-state index in [1.807, 2.05) is 30.3 Å². The summed E-state index contributed by atoms with van der Waals surface area (Å²) in [6.07, 6.45) is 3.67. The maximum absolute atomic E-state index is 13.2. The molecule has 0 saturated carbocycles. The Bertz CT molecular complexity index is 1390. The van der Waals surface area contributed by atoms with Gasteiger partial charge in [0.25, 0.3) is 0 Å². The lowest BCUT2D eigenvalue weighted by molar-refractivity contribution is -0.116. The molecule has 190 valence electrons. The fourth-order valence-electron chi connectivity index (χ4n) is 4.89. The molecule has 2 atom stereocenters. The molecular formula is C28H28FN5O2S. The molecule has 37 heavy (non-hydrogen) atoms. The Balaban J connectivity index is 1.42. The van der Waals surface area contributed by atoms with Gasteiger partial charge in [0.15, 0.2) is 5.11 Å². The van der Waals surface area contributed by atoms with Crippen LogP contribution in [0.3, 0.4) is 0 Å². The molecule has 0 aliphatic carbocycles. The largest absolute Gasteiger partial charge is 0.467 e. The van der Waals surface area contributed by atoms with E-state index in [-0.39, 0.29) is 30.2 Å². The number of furan rings is 1. The number of halogens is 1. The van der Waals surface area contributed by atoms with Crippen LogP contribution < -0.4 is 10.6 Å². The number of nitrogens with zero attached hydrogens (tertiary/aromatic N) is 3. The number of carbonyl (C=O) groups is 1. The summed E-state index contributed by atoms with van der Waals surface area (Å²) in [5, 5.41) is 6.85. The van der Waals surface area contributed by atoms with Gasteiger partial charge in [0, 0.05) is 36.2 Å². The average Bonchev–Trinajstić information content (AvgIpc) is 3.60. The van der Waals surface area contributed by atoms with Gasteiger partial charge in [-0.05, 0) is 86.2 Å². The lowest BCUT2D eigenvalue weighted by Gasteiger charge is -2.28. The normalized spacial score (nSPS) is 17.2. The molecule has 2 N–H and O–H groups in total. The number of pyridine rings is 1. The van der Waals surface area contributed by atoms with Crippen molar-refractivity contribution in [2.24, 2.45) is 0 Å². The van der Waals surface area contributed by atoms with Gasteiger partial charge in [-0.3, -0.25) is 9.78 Å². The second-order valence-electron chi connectivity index (χ2n) is 9.12. The molecule has 1 saturated heterocycles. The number of rotatable bonds is 8. The first-order chi connectivity index (χ1) is 17.9. The third kappa shape index (κ3) is 5.27. The molecule has 5 rings (SSSR count). The highest BCUT2D eigenvalue weighted by Gasteiger charge is 2.41. The van der Waals surface area contributed by atoms with Crippen molar-refractivity contribution in [2.45, 2.75) is 38.9 Å². The van der Waals surface area contributed by atoms with Crippen molar-refractivity contribution in [2.75, 3.05) is 11.9 Å². The SMILES string of the molecule is Cc1cc([C@H]2[C@@H](c3ccccn3)NC(=S)N2CCC(=O)Nc2ccc(F)cc2)c(C)n1Cc1ccco1. The quantitative estimate of drug-likeness (QED) is 0.310. The molecule has 7 nitrogen and oxygen atoms in total. The van der Waals surface area contributed by atoms with Crippen LogP contribution >= 0.6 is 12.2 Å². The lowest BCUT2D eigenvalue weighted by atomic mass is 9.96. The smallest absolute Gasteiger partial charge is 0.226 e. The Kier molecular flexibility index (Phi) is 7.05. The fourth-order valence-corrected chi connectivity index (χ4v) is 5.22. The number of nitrogens with one attached hydrogen (secondary N) is 2. The monoisotopic (exact) mass is 517 g/mol. The highest BCUT2D eigenvalue weighted by molar-refractivity contribution is 7.80. The van der Waals surface area contributed by atoms with E-state index in [0.29, 0.717) is 23.9 Å². The van der Waals surface area contributed by atoms with Gasteiger partial charge in [-0.1, -0.05) is 6.07 Å². The second kappa shape index (κ2) is 10.6. The second-order valence-corrected chi connectivity index (χ2v) is 9.50. The minimum atomic E-state index is -0.348. The number of aromatic nitrogens is 2. The highest BCUT2D eigenvalue weighted by Crippen LogP contribution is 2.41. The first kappa shape index (κ1) is 24.7. The van der Waals surface area contributed by atoms with Crippen molar-refractivity contribution >= 4 is 28.9 Å². The number of carbonyl (C=O) groups excluding carboxylic acids is 1. The zero-order valence-corrected chi connectivity index (χ0v) is 21.5. The van der Waals surface area contributed by atoms with Crippen LogP contribution in [-0.2, 0) is 11.3 Å². The summed E-state index contributed by atoms with van der Waals surface area (Å²) >= 11 is 5.76. The number of benzene rings is 1. The molecule has 0 unspecified atom stereocenters. The molecule has 4 aromatic rings. The van der Waals surface area contributed by atoms with Crippen molar-refractivity contribution in [3.05, 3.63) is 107 Å². The van der Waals surface area contributed by atoms with Crippen LogP contribution in [0.1, 0.15) is 46.9 Å². The fraction of sp³-hybridized carbons (Fsp3) is 0.250. The number of anilines is 1. The van der Waals surface area contributed by atoms with Crippen LogP contribution in [0.4, 0.5) is 10.1 Å². The lowest BCUT2D eigenvalue weighted by Crippen LogP contribution is -2.33. The van der Waals surface area contributed by atoms with Crippen LogP contribution in [0.2, 0.25) is 0 Å². The highest BCUT2D eigenvalue weighted by atomic mass is 32.1. The minimum absolute atomic E-state index is 0.155. The molecule has 1 amide bonds. The maximum atomic E-state index is 13.2. The summed E-state index contributed by atoms with van der Waals surface area (Å²) in [7, 11) is 0. The molecule has 9 heteroatoms. The van der Waals surface area contributed by atoms with Crippen molar-refractivity contribution in [3.63, 3.8) is 0 Å². The van der Waals surface area contributed by atoms with E-state index < -0.39 is 0 Å². The number of amides is 1. The number of thiocarbonyl (C=S) groups is 1. The zero-order valence-electron chi connectivity index (χ0n) is 20.6. The van der Waals surface area contributed by atoms with E-state index in [1.54, 1.807) is 24.6 Å². The topological polar surface area (TPSA) is 75.3 Å². The molecule has 0 radical (unpaired) electrons. The summed E-state index contributed by atoms with van der Waals surface area (Å²) in [6, 6.07) is 17.3. The summed E-state index contributed by atoms with van der Waals surface area (Å²) in [5.74, 6) is 0.362. The van der Waals surface area contributed by atoms with Crippen molar-refractivity contribution in [1.29, 1.82) is 0 Å². The summed E-state index contributed by atoms with van der Waals surface area (Å²) in [4.78, 5) is 19.4. The first-order valence-electron chi connectivity index (χ1n) is 12.1. The molecule has 0 bridgehead atoms. The Morgan fingerprint density at radius 3 is 2.68 bits per heavy atom. The Morgan fingerprint density at radius 1 is 1.16 bits per heavy atom. The average molecular weight is 518 g/mol. The van der Waals surface area contributed by atoms with E-state index in [0.717, 1.165) is 28.4 Å². The van der Waals surface area contributed by atoms with Gasteiger partial charge >= 0.3 is 0 Å². The van der Waals surface area contributed by atoms with Crippen LogP contribution in [0.25, 0.3) is 0 Å². The van der Waals surface area contributed by atoms with Gasteiger partial charge in [0.1, 0.15) is 11.6 Å². The van der Waals surface area contributed by atoms with Crippen molar-refractivity contribution in [3.8, 4) is 0 Å². The molecule has 1 aliphatic rings. The zero-order chi connectivity index (χ0) is 25.9. The predicted molar refractivity (Wildman–Crippen MR) is 144 cm³/mol. The van der Waals surface area contributed by atoms with Gasteiger partial charge in [-0.25, -0.2) is 4.39 Å². The third-order valence-electron chi connectivity index (χ3n) is 6.73. The number of hydrogen-bond donors (Lipinski definition) is 2. The molecule has 3 aromatic heterocycles. The van der Waals surface area contributed by atoms with Gasteiger partial charge in [-0.15, -0.1) is 0 Å². The van der Waals surface area contributed by atoms with Crippen LogP contribution in [0, 0.1) is 19.7 Å². The van der Waals surface area contributed by atoms with E-state index in [4.69, 9.17) is 16.6 Å². The van der Waals surface area contributed by atoms with Gasteiger partial charge < -0.3 is 24.5 Å². The number of hydrogen-bond acceptors (Lipinski definition) is 4. The third-order valence-corrected chi connectivity index (χ3v) is 7.08. The van der Waals surface area contributed by atoms with Gasteiger partial charge in [-0.2, -0.15) is 0 Å². The predicted octanol–water partition coefficient (Wildman–Crippen LogP) is 5.28. The van der Waals surface area contributed by atoms with E-state index in [1.165, 1.54) is 12.1 Å². The van der Waals surface area contributed by atoms with Crippen molar-refractivity contribution < 1.29 is 13.6 Å². The number of aryl methyl sites for hydroxylation is 1. The molecule has 1 fully saturated rings. The van der Waals surface area contributed by atoms with Crippen LogP contribution in [0.15, 0.2) is 77.5 Å². The van der Waals surface area contributed by atoms with Crippen LogP contribution in [-0.4, -0.2) is 32.0 Å². The molecule has 0 spiro atoms. The van der Waals surface area contributed by atoms with E-state index >= 15 is 0 Å². The standard InChI is InChI=1S/C28H28FN5O2S/c1-18-16-23(19(2)34(18)17-22-6-5-15-36-22)27-26(24-7-3-4-13-30-24)32-28(37)33(27)14-12-25(35)31-21-10-8-20(29)9-11-21/h3-11,13,15-16,26-27H,12,14,17H2,1-2H3,(H,31,35)(H,32,37)/t26-,27+/m1/s1. The first-order valence-corrected chi connectivity index (χ1v) is 12.5. The molecule has 4 heterocycles. The molecule has 1 aliphatic heterocycles. The van der Waals surface area contributed by atoms with E-state index in [9.17, 15) is 9.18 Å². The van der Waals surface area contributed by atoms with Gasteiger partial charge in [0.2, 0.25) is 5.91 Å². The summed E-state index contributed by atoms with van der Waals surface area (Å²) in [5.41, 5.74) is 4.76. The van der Waals surface area contributed by atoms with Gasteiger partial charge in [0.05, 0.1) is 30.6 Å². The summed E-state index contributed by atoms with van der Waals surface area (Å²) in [6.45, 7) is 5.22. The Hall–Kier alpha value is -3.98. The van der Waals surface area contributed by atoms with Crippen molar-refractivity contribution in [1.82, 2.24) is 19.8 Å². The molecule has 1 aromatic carbocycles. The minimum Gasteiger partial charge on any atom is -0.467 e. The van der Waals surface area contributed by atoms with E-state index in [2.05, 4.69) is 45.0 Å². The summed E-state index contributed by atoms with van der Waals surface area (Å²) < 4.78 is 21.0. The maximum Gasteiger partial charge on any atom is 0.226 e. The Labute approximate surface area is 220 Å². The van der Waals surface area contributed by atoms with Crippen LogP contribution in [0.5, 0.6) is 0 Å².